The van der Waals surface area contributed by atoms with Crippen molar-refractivity contribution in [3.63, 3.8) is 0 Å². The van der Waals surface area contributed by atoms with Crippen LogP contribution in [0.5, 0.6) is 0 Å². The second-order valence-electron chi connectivity index (χ2n) is 3.04. The van der Waals surface area contributed by atoms with Crippen LogP contribution in [0.4, 0.5) is 5.69 Å². The van der Waals surface area contributed by atoms with Gasteiger partial charge in [-0.25, -0.2) is 0 Å². The summed E-state index contributed by atoms with van der Waals surface area (Å²) in [5.74, 6) is -0.191. The zero-order valence-corrected chi connectivity index (χ0v) is 9.27. The Balaban J connectivity index is 2.40. The van der Waals surface area contributed by atoms with E-state index in [0.717, 1.165) is 4.47 Å². The molecule has 5 heteroatoms. The predicted octanol–water partition coefficient (Wildman–Crippen LogP) is 1.74. The van der Waals surface area contributed by atoms with Crippen LogP contribution in [0.25, 0.3) is 0 Å². The molecule has 15 heavy (non-hydrogen) atoms. The van der Waals surface area contributed by atoms with E-state index in [4.69, 9.17) is 0 Å². The van der Waals surface area contributed by atoms with Gasteiger partial charge in [0.2, 0.25) is 0 Å². The number of hydrogen-bond acceptors (Lipinski definition) is 3. The molecule has 4 nitrogen and oxygen atoms in total. The third-order valence-corrected chi connectivity index (χ3v) is 2.68. The van der Waals surface area contributed by atoms with Crippen molar-refractivity contribution >= 4 is 39.5 Å². The third kappa shape index (κ3) is 1.83. The standard InChI is InChI=1S/C10H7BrN2O2/c11-8-3-1-2-4-9(8)13-10(15)5-7(6-14)12-13/h1-4,6H,5H2. The van der Waals surface area contributed by atoms with E-state index in [2.05, 4.69) is 21.0 Å². The second-order valence-corrected chi connectivity index (χ2v) is 3.90. The highest BCUT2D eigenvalue weighted by atomic mass is 79.9. The molecule has 1 aromatic rings. The van der Waals surface area contributed by atoms with Crippen LogP contribution in [0.15, 0.2) is 33.8 Å². The van der Waals surface area contributed by atoms with Crippen LogP contribution in [0, 0.1) is 0 Å². The molecule has 2 rings (SSSR count). The number of rotatable bonds is 2. The third-order valence-electron chi connectivity index (χ3n) is 2.01. The summed E-state index contributed by atoms with van der Waals surface area (Å²) in [6.07, 6.45) is 0.680. The number of anilines is 1. The van der Waals surface area contributed by atoms with Crippen LogP contribution in [0.2, 0.25) is 0 Å². The molecule has 0 saturated carbocycles. The molecule has 0 radical (unpaired) electrons. The minimum absolute atomic E-state index is 0.0742. The molecule has 0 unspecified atom stereocenters. The number of carbonyl (C=O) groups excluding carboxylic acids is 2. The van der Waals surface area contributed by atoms with Crippen molar-refractivity contribution in [2.24, 2.45) is 5.10 Å². The number of para-hydroxylation sites is 1. The first-order chi connectivity index (χ1) is 7.22. The lowest BCUT2D eigenvalue weighted by molar-refractivity contribution is -0.117. The fourth-order valence-corrected chi connectivity index (χ4v) is 1.78. The van der Waals surface area contributed by atoms with Crippen LogP contribution in [-0.2, 0) is 9.59 Å². The Morgan fingerprint density at radius 2 is 2.13 bits per heavy atom. The molecule has 0 fully saturated rings. The van der Waals surface area contributed by atoms with Gasteiger partial charge in [-0.2, -0.15) is 10.1 Å². The van der Waals surface area contributed by atoms with Crippen molar-refractivity contribution < 1.29 is 9.59 Å². The quantitative estimate of drug-likeness (QED) is 0.766. The highest BCUT2D eigenvalue weighted by Crippen LogP contribution is 2.28. The number of benzene rings is 1. The van der Waals surface area contributed by atoms with Gasteiger partial charge >= 0.3 is 0 Å². The molecule has 1 amide bonds. The van der Waals surface area contributed by atoms with Gasteiger partial charge in [-0.05, 0) is 28.1 Å². The highest BCUT2D eigenvalue weighted by Gasteiger charge is 2.25. The first kappa shape index (κ1) is 10.0. The molecular weight excluding hydrogens is 260 g/mol. The monoisotopic (exact) mass is 266 g/mol. The van der Waals surface area contributed by atoms with Crippen LogP contribution >= 0.6 is 15.9 Å². The second kappa shape index (κ2) is 3.94. The molecule has 1 heterocycles. The summed E-state index contributed by atoms with van der Waals surface area (Å²) in [4.78, 5) is 22.0. The first-order valence-corrected chi connectivity index (χ1v) is 5.12. The van der Waals surface area contributed by atoms with Gasteiger partial charge in [0.15, 0.2) is 6.29 Å². The number of aldehydes is 1. The Bertz CT molecular complexity index is 456. The fraction of sp³-hybridized carbons (Fsp3) is 0.100. The van der Waals surface area contributed by atoms with E-state index in [9.17, 15) is 9.59 Å². The van der Waals surface area contributed by atoms with E-state index in [0.29, 0.717) is 12.0 Å². The van der Waals surface area contributed by atoms with E-state index in [-0.39, 0.29) is 18.0 Å². The van der Waals surface area contributed by atoms with Crippen molar-refractivity contribution in [3.8, 4) is 0 Å². The minimum atomic E-state index is -0.191. The van der Waals surface area contributed by atoms with E-state index in [1.54, 1.807) is 6.07 Å². The summed E-state index contributed by atoms with van der Waals surface area (Å²) < 4.78 is 0.772. The smallest absolute Gasteiger partial charge is 0.253 e. The Kier molecular flexibility index (Phi) is 2.64. The maximum Gasteiger partial charge on any atom is 0.253 e. The highest BCUT2D eigenvalue weighted by molar-refractivity contribution is 9.10. The van der Waals surface area contributed by atoms with Gasteiger partial charge in [0.05, 0.1) is 12.1 Å². The zero-order chi connectivity index (χ0) is 10.8. The van der Waals surface area contributed by atoms with Gasteiger partial charge in [-0.3, -0.25) is 9.59 Å². The largest absolute Gasteiger partial charge is 0.296 e. The molecule has 1 aliphatic rings. The van der Waals surface area contributed by atoms with E-state index < -0.39 is 0 Å². The Morgan fingerprint density at radius 3 is 2.73 bits per heavy atom. The summed E-state index contributed by atoms with van der Waals surface area (Å²) in [7, 11) is 0. The fourth-order valence-electron chi connectivity index (χ4n) is 1.33. The van der Waals surface area contributed by atoms with Crippen LogP contribution < -0.4 is 5.01 Å². The van der Waals surface area contributed by atoms with Gasteiger partial charge in [0, 0.05) is 4.47 Å². The molecule has 1 aliphatic heterocycles. The van der Waals surface area contributed by atoms with E-state index >= 15 is 0 Å². The van der Waals surface area contributed by atoms with Crippen LogP contribution in [-0.4, -0.2) is 17.9 Å². The molecule has 0 N–H and O–H groups in total. The summed E-state index contributed by atoms with van der Waals surface area (Å²) in [6, 6.07) is 7.23. The number of carbonyl (C=O) groups is 2. The van der Waals surface area contributed by atoms with Crippen LogP contribution in [0.1, 0.15) is 6.42 Å². The van der Waals surface area contributed by atoms with Gasteiger partial charge < -0.3 is 0 Å². The van der Waals surface area contributed by atoms with Crippen LogP contribution in [0.3, 0.4) is 0 Å². The lowest BCUT2D eigenvalue weighted by atomic mass is 10.3. The van der Waals surface area contributed by atoms with Crippen molar-refractivity contribution in [2.75, 3.05) is 5.01 Å². The van der Waals surface area contributed by atoms with Gasteiger partial charge in [-0.1, -0.05) is 12.1 Å². The van der Waals surface area contributed by atoms with Crippen molar-refractivity contribution in [2.45, 2.75) is 6.42 Å². The van der Waals surface area contributed by atoms with Gasteiger partial charge in [0.25, 0.3) is 5.91 Å². The van der Waals surface area contributed by atoms with Gasteiger partial charge in [-0.15, -0.1) is 0 Å². The van der Waals surface area contributed by atoms with Crippen molar-refractivity contribution in [3.05, 3.63) is 28.7 Å². The van der Waals surface area contributed by atoms with Crippen molar-refractivity contribution in [1.82, 2.24) is 0 Å². The minimum Gasteiger partial charge on any atom is -0.296 e. The Hall–Kier alpha value is -1.49. The van der Waals surface area contributed by atoms with E-state index in [1.165, 1.54) is 5.01 Å². The first-order valence-electron chi connectivity index (χ1n) is 4.32. The number of hydrogen-bond donors (Lipinski definition) is 0. The molecule has 0 saturated heterocycles. The SMILES string of the molecule is O=CC1=NN(c2ccccc2Br)C(=O)C1. The number of amides is 1. The predicted molar refractivity (Wildman–Crippen MR) is 59.7 cm³/mol. The summed E-state index contributed by atoms with van der Waals surface area (Å²) >= 11 is 3.32. The molecule has 0 aromatic heterocycles. The normalized spacial score (nSPS) is 15.4. The maximum atomic E-state index is 11.5. The molecule has 0 spiro atoms. The molecule has 76 valence electrons. The lowest BCUT2D eigenvalue weighted by Crippen LogP contribution is -2.19. The summed E-state index contributed by atoms with van der Waals surface area (Å²) in [5, 5.41) is 5.16. The molecular formula is C10H7BrN2O2. The molecule has 0 aliphatic carbocycles. The topological polar surface area (TPSA) is 49.7 Å². The van der Waals surface area contributed by atoms with E-state index in [1.807, 2.05) is 18.2 Å². The molecule has 0 bridgehead atoms. The zero-order valence-electron chi connectivity index (χ0n) is 7.68. The number of nitrogens with zero attached hydrogens (tertiary/aromatic N) is 2. The molecule has 0 atom stereocenters. The number of halogens is 1. The van der Waals surface area contributed by atoms with Gasteiger partial charge in [0.1, 0.15) is 5.71 Å². The lowest BCUT2D eigenvalue weighted by Gasteiger charge is -2.12. The average Bonchev–Trinajstić information content (AvgIpc) is 2.60. The number of hydrazone groups is 1. The average molecular weight is 267 g/mol. The Morgan fingerprint density at radius 1 is 1.40 bits per heavy atom. The summed E-state index contributed by atoms with van der Waals surface area (Å²) in [5.41, 5.74) is 0.912. The molecule has 1 aromatic carbocycles. The maximum absolute atomic E-state index is 11.5. The Labute approximate surface area is 94.7 Å². The summed E-state index contributed by atoms with van der Waals surface area (Å²) in [6.45, 7) is 0. The van der Waals surface area contributed by atoms with Crippen molar-refractivity contribution in [1.29, 1.82) is 0 Å².